The van der Waals surface area contributed by atoms with Gasteiger partial charge in [0.1, 0.15) is 0 Å². The molecule has 2 aromatic rings. The molecule has 0 bridgehead atoms. The number of hydrogen-bond acceptors (Lipinski definition) is 4. The topological polar surface area (TPSA) is 71.3 Å². The Labute approximate surface area is 176 Å². The minimum absolute atomic E-state index is 0. The predicted octanol–water partition coefficient (Wildman–Crippen LogP) is 2.67. The highest BCUT2D eigenvalue weighted by atomic mass is 127. The van der Waals surface area contributed by atoms with Crippen molar-refractivity contribution in [1.29, 1.82) is 0 Å². The lowest BCUT2D eigenvalue weighted by Gasteiger charge is -2.11. The highest BCUT2D eigenvalue weighted by molar-refractivity contribution is 14.0. The van der Waals surface area contributed by atoms with Crippen LogP contribution in [0.2, 0.25) is 0 Å². The van der Waals surface area contributed by atoms with Gasteiger partial charge in [-0.25, -0.2) is 4.98 Å². The summed E-state index contributed by atoms with van der Waals surface area (Å²) in [7, 11) is 1.78. The van der Waals surface area contributed by atoms with Crippen LogP contribution >= 0.6 is 35.3 Å². The maximum absolute atomic E-state index is 11.6. The minimum Gasteiger partial charge on any atom is -0.356 e. The second kappa shape index (κ2) is 12.9. The monoisotopic (exact) mass is 489 g/mol. The third-order valence-electron chi connectivity index (χ3n) is 3.82. The molecule has 0 spiro atoms. The van der Waals surface area contributed by atoms with Gasteiger partial charge in [-0.05, 0) is 25.3 Å². The first kappa shape index (κ1) is 22.6. The molecule has 26 heavy (non-hydrogen) atoms. The molecule has 0 fully saturated rings. The second-order valence-corrected chi connectivity index (χ2v) is 6.89. The molecule has 2 aromatic heterocycles. The first-order valence-electron chi connectivity index (χ1n) is 8.76. The fourth-order valence-corrected chi connectivity index (χ4v) is 3.26. The van der Waals surface area contributed by atoms with E-state index in [2.05, 4.69) is 27.5 Å². The van der Waals surface area contributed by atoms with E-state index in [0.717, 1.165) is 56.3 Å². The minimum atomic E-state index is 0. The van der Waals surface area contributed by atoms with Gasteiger partial charge in [0.2, 0.25) is 5.56 Å². The lowest BCUT2D eigenvalue weighted by atomic mass is 10.3. The number of nitrogens with one attached hydrogen (secondary N) is 2. The van der Waals surface area contributed by atoms with Crippen molar-refractivity contribution in [2.75, 3.05) is 20.1 Å². The molecule has 0 aliphatic heterocycles. The molecule has 0 saturated heterocycles. The molecule has 0 aliphatic carbocycles. The van der Waals surface area contributed by atoms with Crippen molar-refractivity contribution in [1.82, 2.24) is 20.2 Å². The van der Waals surface area contributed by atoms with Crippen LogP contribution in [0, 0.1) is 0 Å². The third-order valence-corrected chi connectivity index (χ3v) is 5.02. The van der Waals surface area contributed by atoms with Crippen molar-refractivity contribution in [2.45, 2.75) is 39.2 Å². The van der Waals surface area contributed by atoms with Crippen LogP contribution in [0.15, 0.2) is 40.4 Å². The van der Waals surface area contributed by atoms with E-state index in [1.807, 2.05) is 18.5 Å². The van der Waals surface area contributed by atoms with E-state index in [-0.39, 0.29) is 29.5 Å². The Morgan fingerprint density at radius 1 is 1.27 bits per heavy atom. The Morgan fingerprint density at radius 2 is 2.08 bits per heavy atom. The fraction of sp³-hybridized carbons (Fsp3) is 0.500. The van der Waals surface area contributed by atoms with Crippen LogP contribution < -0.4 is 16.2 Å². The summed E-state index contributed by atoms with van der Waals surface area (Å²) in [6.07, 6.45) is 7.68. The third kappa shape index (κ3) is 7.86. The number of rotatable bonds is 9. The number of aromatic nitrogens is 2. The molecule has 6 nitrogen and oxygen atoms in total. The zero-order chi connectivity index (χ0) is 17.9. The van der Waals surface area contributed by atoms with Crippen molar-refractivity contribution in [3.8, 4) is 0 Å². The van der Waals surface area contributed by atoms with Gasteiger partial charge in [-0.3, -0.25) is 9.79 Å². The summed E-state index contributed by atoms with van der Waals surface area (Å²) < 4.78 is 1.74. The van der Waals surface area contributed by atoms with Crippen LogP contribution in [0.5, 0.6) is 0 Å². The summed E-state index contributed by atoms with van der Waals surface area (Å²) in [5.41, 5.74) is 0.0568. The number of guanidine groups is 1. The first-order chi connectivity index (χ1) is 12.2. The lowest BCUT2D eigenvalue weighted by Crippen LogP contribution is -2.38. The molecular formula is C18H28IN5OS. The Balaban J connectivity index is 0.00000338. The summed E-state index contributed by atoms with van der Waals surface area (Å²) >= 11 is 1.78. The zero-order valence-electron chi connectivity index (χ0n) is 15.4. The van der Waals surface area contributed by atoms with Crippen LogP contribution in [0.3, 0.4) is 0 Å². The number of halogens is 1. The summed E-state index contributed by atoms with van der Waals surface area (Å²) in [5, 5.41) is 7.78. The van der Waals surface area contributed by atoms with Gasteiger partial charge in [0.25, 0.3) is 0 Å². The van der Waals surface area contributed by atoms with Gasteiger partial charge in [-0.1, -0.05) is 13.0 Å². The van der Waals surface area contributed by atoms with Crippen LogP contribution in [0.4, 0.5) is 0 Å². The van der Waals surface area contributed by atoms with Gasteiger partial charge in [0.05, 0.1) is 5.01 Å². The molecule has 8 heteroatoms. The second-order valence-electron chi connectivity index (χ2n) is 5.69. The molecule has 144 valence electrons. The van der Waals surface area contributed by atoms with Crippen molar-refractivity contribution >= 4 is 41.3 Å². The Morgan fingerprint density at radius 3 is 2.77 bits per heavy atom. The van der Waals surface area contributed by atoms with E-state index in [1.54, 1.807) is 35.1 Å². The van der Waals surface area contributed by atoms with E-state index in [0.29, 0.717) is 0 Å². The van der Waals surface area contributed by atoms with Crippen molar-refractivity contribution in [2.24, 2.45) is 4.99 Å². The molecule has 0 aliphatic rings. The SMILES string of the molecule is CCc1cnc(CCNC(=NC)NCCCCn2ccccc2=O)s1.I. The van der Waals surface area contributed by atoms with Crippen LogP contribution in [-0.4, -0.2) is 35.6 Å². The van der Waals surface area contributed by atoms with Crippen molar-refractivity contribution in [3.63, 3.8) is 0 Å². The van der Waals surface area contributed by atoms with Gasteiger partial charge in [-0.2, -0.15) is 0 Å². The standard InChI is InChI=1S/C18H27N5OS.HI/c1-3-15-14-22-16(25-15)9-11-21-18(19-2)20-10-5-7-13-23-12-6-4-8-17(23)24;/h4,6,8,12,14H,3,5,7,9-11,13H2,1-2H3,(H2,19,20,21);1H. The number of pyridine rings is 1. The van der Waals surface area contributed by atoms with E-state index in [4.69, 9.17) is 0 Å². The number of unbranched alkanes of at least 4 members (excludes halogenated alkanes) is 1. The zero-order valence-corrected chi connectivity index (χ0v) is 18.5. The molecule has 2 rings (SSSR count). The highest BCUT2D eigenvalue weighted by Crippen LogP contribution is 2.13. The number of nitrogens with zero attached hydrogens (tertiary/aromatic N) is 3. The summed E-state index contributed by atoms with van der Waals surface area (Å²) in [6.45, 7) is 4.54. The number of aliphatic imine (C=N–C) groups is 1. The number of thiazole rings is 1. The molecule has 0 atom stereocenters. The van der Waals surface area contributed by atoms with E-state index in [9.17, 15) is 4.79 Å². The largest absolute Gasteiger partial charge is 0.356 e. The first-order valence-corrected chi connectivity index (χ1v) is 9.58. The average molecular weight is 489 g/mol. The molecule has 0 aromatic carbocycles. The van der Waals surface area contributed by atoms with Gasteiger partial charge in [-0.15, -0.1) is 35.3 Å². The molecule has 0 radical (unpaired) electrons. The molecule has 0 unspecified atom stereocenters. The van der Waals surface area contributed by atoms with Gasteiger partial charge < -0.3 is 15.2 Å². The van der Waals surface area contributed by atoms with E-state index in [1.165, 1.54) is 4.88 Å². The van der Waals surface area contributed by atoms with Gasteiger partial charge in [0.15, 0.2) is 5.96 Å². The summed E-state index contributed by atoms with van der Waals surface area (Å²) in [5.74, 6) is 0.809. The maximum Gasteiger partial charge on any atom is 0.250 e. The quantitative estimate of drug-likeness (QED) is 0.246. The van der Waals surface area contributed by atoms with Gasteiger partial charge in [0, 0.05) is 56.4 Å². The molecule has 2 heterocycles. The Hall–Kier alpha value is -1.42. The Kier molecular flexibility index (Phi) is 11.2. The van der Waals surface area contributed by atoms with Crippen LogP contribution in [-0.2, 0) is 19.4 Å². The van der Waals surface area contributed by atoms with Crippen molar-refractivity contribution in [3.05, 3.63) is 50.8 Å². The highest BCUT2D eigenvalue weighted by Gasteiger charge is 2.02. The van der Waals surface area contributed by atoms with Crippen LogP contribution in [0.25, 0.3) is 0 Å². The smallest absolute Gasteiger partial charge is 0.250 e. The molecule has 2 N–H and O–H groups in total. The van der Waals surface area contributed by atoms with Crippen LogP contribution in [0.1, 0.15) is 29.7 Å². The molecular weight excluding hydrogens is 461 g/mol. The van der Waals surface area contributed by atoms with Crippen molar-refractivity contribution < 1.29 is 0 Å². The number of aryl methyl sites for hydroxylation is 2. The van der Waals surface area contributed by atoms with E-state index >= 15 is 0 Å². The van der Waals surface area contributed by atoms with Gasteiger partial charge >= 0.3 is 0 Å². The lowest BCUT2D eigenvalue weighted by molar-refractivity contribution is 0.585. The molecule has 0 amide bonds. The summed E-state index contributed by atoms with van der Waals surface area (Å²) in [4.78, 5) is 21.6. The maximum atomic E-state index is 11.6. The predicted molar refractivity (Wildman–Crippen MR) is 120 cm³/mol. The fourth-order valence-electron chi connectivity index (χ4n) is 2.39. The Bertz CT molecular complexity index is 728. The average Bonchev–Trinajstić information content (AvgIpc) is 3.09. The molecule has 0 saturated carbocycles. The van der Waals surface area contributed by atoms with E-state index < -0.39 is 0 Å². The summed E-state index contributed by atoms with van der Waals surface area (Å²) in [6, 6.07) is 5.25. The normalized spacial score (nSPS) is 11.1. The number of hydrogen-bond donors (Lipinski definition) is 2.